The summed E-state index contributed by atoms with van der Waals surface area (Å²) in [7, 11) is 0. The molecule has 0 bridgehead atoms. The van der Waals surface area contributed by atoms with Crippen molar-refractivity contribution in [3.63, 3.8) is 0 Å². The Morgan fingerprint density at radius 2 is 2.19 bits per heavy atom. The third kappa shape index (κ3) is 2.78. The van der Waals surface area contributed by atoms with Crippen molar-refractivity contribution < 1.29 is 4.79 Å². The second kappa shape index (κ2) is 5.84. The summed E-state index contributed by atoms with van der Waals surface area (Å²) in [6.45, 7) is 0. The summed E-state index contributed by atoms with van der Waals surface area (Å²) in [6.07, 6.45) is 5.59. The van der Waals surface area contributed by atoms with Crippen LogP contribution in [-0.2, 0) is 12.8 Å². The minimum absolute atomic E-state index is 0.269. The average molecular weight is 318 g/mol. The Kier molecular flexibility index (Phi) is 3.91. The zero-order chi connectivity index (χ0) is 14.8. The van der Waals surface area contributed by atoms with E-state index in [-0.39, 0.29) is 5.91 Å². The molecule has 0 fully saturated rings. The third-order valence-corrected chi connectivity index (χ3v) is 4.93. The fourth-order valence-corrected chi connectivity index (χ4v) is 3.80. The Labute approximate surface area is 131 Å². The molecule has 0 spiro atoms. The molecule has 2 aromatic heterocycles. The molecule has 21 heavy (non-hydrogen) atoms. The van der Waals surface area contributed by atoms with E-state index in [1.807, 2.05) is 0 Å². The molecule has 1 amide bonds. The van der Waals surface area contributed by atoms with E-state index in [1.54, 1.807) is 12.1 Å². The van der Waals surface area contributed by atoms with Gasteiger partial charge < -0.3 is 5.32 Å². The normalized spacial score (nSPS) is 13.3. The molecule has 0 aliphatic heterocycles. The van der Waals surface area contributed by atoms with Crippen LogP contribution in [0.5, 0.6) is 0 Å². The molecule has 0 radical (unpaired) electrons. The van der Waals surface area contributed by atoms with Crippen LogP contribution in [0.3, 0.4) is 0 Å². The maximum Gasteiger partial charge on any atom is 0.257 e. The van der Waals surface area contributed by atoms with Gasteiger partial charge in [-0.2, -0.15) is 5.26 Å². The predicted octanol–water partition coefficient (Wildman–Crippen LogP) is 3.80. The minimum atomic E-state index is -0.269. The number of carbonyl (C=O) groups is 1. The molecular weight excluding hydrogens is 306 g/mol. The van der Waals surface area contributed by atoms with Gasteiger partial charge in [0.25, 0.3) is 5.91 Å². The van der Waals surface area contributed by atoms with Gasteiger partial charge in [-0.25, -0.2) is 4.98 Å². The van der Waals surface area contributed by atoms with E-state index in [2.05, 4.69) is 16.4 Å². The maximum absolute atomic E-state index is 12.2. The first kappa shape index (κ1) is 14.1. The highest BCUT2D eigenvalue weighted by molar-refractivity contribution is 7.16. The van der Waals surface area contributed by atoms with Crippen molar-refractivity contribution >= 4 is 33.8 Å². The van der Waals surface area contributed by atoms with Gasteiger partial charge >= 0.3 is 0 Å². The number of hydrogen-bond acceptors (Lipinski definition) is 4. The molecule has 0 saturated carbocycles. The minimum Gasteiger partial charge on any atom is -0.312 e. The van der Waals surface area contributed by atoms with Crippen LogP contribution in [0.15, 0.2) is 18.3 Å². The van der Waals surface area contributed by atoms with Gasteiger partial charge in [0.2, 0.25) is 0 Å². The van der Waals surface area contributed by atoms with Crippen LogP contribution >= 0.6 is 22.9 Å². The molecule has 1 N–H and O–H groups in total. The Morgan fingerprint density at radius 3 is 2.90 bits per heavy atom. The SMILES string of the molecule is N#Cc1c(NC(=O)c2ccc(Cl)nc2)sc2c1CCCC2. The van der Waals surface area contributed by atoms with Gasteiger partial charge in [0, 0.05) is 11.1 Å². The van der Waals surface area contributed by atoms with E-state index in [0.717, 1.165) is 31.2 Å². The lowest BCUT2D eigenvalue weighted by molar-refractivity contribution is 0.102. The number of amides is 1. The molecule has 1 aliphatic carbocycles. The van der Waals surface area contributed by atoms with Crippen LogP contribution < -0.4 is 5.32 Å². The topological polar surface area (TPSA) is 65.8 Å². The number of nitrogens with zero attached hydrogens (tertiary/aromatic N) is 2. The van der Waals surface area contributed by atoms with Crippen LogP contribution in [-0.4, -0.2) is 10.9 Å². The van der Waals surface area contributed by atoms with Gasteiger partial charge in [0.15, 0.2) is 0 Å². The fourth-order valence-electron chi connectivity index (χ4n) is 2.46. The number of hydrogen-bond donors (Lipinski definition) is 1. The maximum atomic E-state index is 12.2. The number of aromatic nitrogens is 1. The lowest BCUT2D eigenvalue weighted by Gasteiger charge is -2.09. The van der Waals surface area contributed by atoms with E-state index in [1.165, 1.54) is 22.4 Å². The largest absolute Gasteiger partial charge is 0.312 e. The fraction of sp³-hybridized carbons (Fsp3) is 0.267. The summed E-state index contributed by atoms with van der Waals surface area (Å²) in [6, 6.07) is 5.41. The van der Waals surface area contributed by atoms with Gasteiger partial charge in [-0.15, -0.1) is 11.3 Å². The molecule has 0 unspecified atom stereocenters. The van der Waals surface area contributed by atoms with Crippen molar-refractivity contribution in [3.05, 3.63) is 45.1 Å². The molecule has 2 heterocycles. The summed E-state index contributed by atoms with van der Waals surface area (Å²) >= 11 is 7.22. The van der Waals surface area contributed by atoms with Crippen LogP contribution in [0, 0.1) is 11.3 Å². The Hall–Kier alpha value is -1.90. The number of thiophene rings is 1. The first-order valence-corrected chi connectivity index (χ1v) is 7.86. The van der Waals surface area contributed by atoms with Crippen molar-refractivity contribution in [1.29, 1.82) is 5.26 Å². The number of carbonyl (C=O) groups excluding carboxylic acids is 1. The Morgan fingerprint density at radius 1 is 1.38 bits per heavy atom. The van der Waals surface area contributed by atoms with Crippen LogP contribution in [0.25, 0.3) is 0 Å². The number of rotatable bonds is 2. The summed E-state index contributed by atoms with van der Waals surface area (Å²) in [5.41, 5.74) is 2.15. The van der Waals surface area contributed by atoms with Crippen LogP contribution in [0.2, 0.25) is 5.15 Å². The van der Waals surface area contributed by atoms with Gasteiger partial charge in [-0.1, -0.05) is 11.6 Å². The highest BCUT2D eigenvalue weighted by Crippen LogP contribution is 2.37. The molecule has 4 nitrogen and oxygen atoms in total. The monoisotopic (exact) mass is 317 g/mol. The molecule has 106 valence electrons. The summed E-state index contributed by atoms with van der Waals surface area (Å²) in [5, 5.41) is 13.2. The third-order valence-electron chi connectivity index (χ3n) is 3.50. The molecule has 6 heteroatoms. The second-order valence-corrected chi connectivity index (χ2v) is 6.34. The lowest BCUT2D eigenvalue weighted by Crippen LogP contribution is -2.12. The Balaban J connectivity index is 1.88. The lowest BCUT2D eigenvalue weighted by atomic mass is 9.96. The molecule has 0 atom stereocenters. The van der Waals surface area contributed by atoms with E-state index < -0.39 is 0 Å². The average Bonchev–Trinajstić information content (AvgIpc) is 2.84. The number of halogens is 1. The van der Waals surface area contributed by atoms with E-state index >= 15 is 0 Å². The van der Waals surface area contributed by atoms with E-state index in [4.69, 9.17) is 11.6 Å². The van der Waals surface area contributed by atoms with Crippen LogP contribution in [0.4, 0.5) is 5.00 Å². The first-order chi connectivity index (χ1) is 10.2. The molecule has 1 aliphatic rings. The second-order valence-electron chi connectivity index (χ2n) is 4.85. The van der Waals surface area contributed by atoms with Gasteiger partial charge in [-0.3, -0.25) is 4.79 Å². The quantitative estimate of drug-likeness (QED) is 0.857. The van der Waals surface area contributed by atoms with Crippen molar-refractivity contribution in [2.75, 3.05) is 5.32 Å². The highest BCUT2D eigenvalue weighted by Gasteiger charge is 2.22. The van der Waals surface area contributed by atoms with Crippen LogP contribution in [0.1, 0.15) is 39.2 Å². The number of nitrogens with one attached hydrogen (secondary N) is 1. The number of anilines is 1. The first-order valence-electron chi connectivity index (χ1n) is 6.66. The smallest absolute Gasteiger partial charge is 0.257 e. The molecular formula is C15H12ClN3OS. The molecule has 0 aromatic carbocycles. The zero-order valence-electron chi connectivity index (χ0n) is 11.1. The summed E-state index contributed by atoms with van der Waals surface area (Å²) in [4.78, 5) is 17.3. The summed E-state index contributed by atoms with van der Waals surface area (Å²) in [5.74, 6) is -0.269. The predicted molar refractivity (Wildman–Crippen MR) is 82.9 cm³/mol. The van der Waals surface area contributed by atoms with E-state index in [0.29, 0.717) is 21.3 Å². The molecule has 3 rings (SSSR count). The van der Waals surface area contributed by atoms with Crippen molar-refractivity contribution in [3.8, 4) is 6.07 Å². The van der Waals surface area contributed by atoms with Crippen molar-refractivity contribution in [1.82, 2.24) is 4.98 Å². The number of fused-ring (bicyclic) bond motifs is 1. The zero-order valence-corrected chi connectivity index (χ0v) is 12.7. The summed E-state index contributed by atoms with van der Waals surface area (Å²) < 4.78 is 0. The van der Waals surface area contributed by atoms with Gasteiger partial charge in [-0.05, 0) is 43.4 Å². The number of aryl methyl sites for hydroxylation is 1. The molecule has 2 aromatic rings. The standard InChI is InChI=1S/C15H12ClN3OS/c16-13-6-5-9(8-18-13)14(20)19-15-11(7-17)10-3-1-2-4-12(10)21-15/h5-6,8H,1-4H2,(H,19,20). The van der Waals surface area contributed by atoms with E-state index in [9.17, 15) is 10.1 Å². The van der Waals surface area contributed by atoms with Crippen molar-refractivity contribution in [2.24, 2.45) is 0 Å². The Bertz CT molecular complexity index is 731. The number of pyridine rings is 1. The van der Waals surface area contributed by atoms with Crippen molar-refractivity contribution in [2.45, 2.75) is 25.7 Å². The van der Waals surface area contributed by atoms with Gasteiger partial charge in [0.05, 0.1) is 11.1 Å². The molecule has 0 saturated heterocycles. The highest BCUT2D eigenvalue weighted by atomic mass is 35.5. The van der Waals surface area contributed by atoms with Gasteiger partial charge in [0.1, 0.15) is 16.2 Å². The number of nitriles is 1.